The third kappa shape index (κ3) is 7.04. The van der Waals surface area contributed by atoms with E-state index in [0.29, 0.717) is 6.54 Å². The van der Waals surface area contributed by atoms with Gasteiger partial charge in [-0.3, -0.25) is 4.79 Å². The molecule has 4 nitrogen and oxygen atoms in total. The van der Waals surface area contributed by atoms with E-state index in [4.69, 9.17) is 0 Å². The van der Waals surface area contributed by atoms with Gasteiger partial charge in [-0.25, -0.2) is 0 Å². The van der Waals surface area contributed by atoms with E-state index in [0.717, 1.165) is 19.5 Å². The van der Waals surface area contributed by atoms with Crippen molar-refractivity contribution in [3.63, 3.8) is 0 Å². The summed E-state index contributed by atoms with van der Waals surface area (Å²) in [5.74, 6) is 0.0937. The lowest BCUT2D eigenvalue weighted by molar-refractivity contribution is -0.120. The van der Waals surface area contributed by atoms with Gasteiger partial charge >= 0.3 is 0 Å². The van der Waals surface area contributed by atoms with Gasteiger partial charge in [0.05, 0.1) is 6.54 Å². The van der Waals surface area contributed by atoms with Gasteiger partial charge in [-0.15, -0.1) is 12.4 Å². The standard InChI is InChI=1S/C11H23N3O.ClH/c1-12-10-11(15)13-6-5-9-14-7-3-2-4-8-14;/h12H,2-10H2,1H3,(H,13,15);1H. The molecule has 5 heteroatoms. The Hall–Kier alpha value is -0.320. The van der Waals surface area contributed by atoms with Crippen molar-refractivity contribution in [1.82, 2.24) is 15.5 Å². The van der Waals surface area contributed by atoms with Crippen LogP contribution in [0.1, 0.15) is 25.7 Å². The average molecular weight is 250 g/mol. The number of rotatable bonds is 6. The Labute approximate surface area is 105 Å². The maximum absolute atomic E-state index is 11.1. The predicted molar refractivity (Wildman–Crippen MR) is 69.1 cm³/mol. The minimum Gasteiger partial charge on any atom is -0.355 e. The minimum atomic E-state index is 0. The average Bonchev–Trinajstić information content (AvgIpc) is 2.26. The molecule has 0 bridgehead atoms. The number of nitrogens with zero attached hydrogens (tertiary/aromatic N) is 1. The van der Waals surface area contributed by atoms with Gasteiger partial charge in [0.15, 0.2) is 0 Å². The summed E-state index contributed by atoms with van der Waals surface area (Å²) in [7, 11) is 1.79. The van der Waals surface area contributed by atoms with Gasteiger partial charge in [-0.1, -0.05) is 6.42 Å². The van der Waals surface area contributed by atoms with Crippen LogP contribution in [0.4, 0.5) is 0 Å². The first-order valence-corrected chi connectivity index (χ1v) is 5.96. The van der Waals surface area contributed by atoms with Gasteiger partial charge in [0, 0.05) is 6.54 Å². The maximum atomic E-state index is 11.1. The van der Waals surface area contributed by atoms with Gasteiger partial charge in [-0.2, -0.15) is 0 Å². The van der Waals surface area contributed by atoms with E-state index in [-0.39, 0.29) is 18.3 Å². The summed E-state index contributed by atoms with van der Waals surface area (Å²) < 4.78 is 0. The number of carbonyl (C=O) groups is 1. The van der Waals surface area contributed by atoms with Crippen LogP contribution in [0.5, 0.6) is 0 Å². The lowest BCUT2D eigenvalue weighted by atomic mass is 10.1. The van der Waals surface area contributed by atoms with Crippen molar-refractivity contribution >= 4 is 18.3 Å². The zero-order valence-electron chi connectivity index (χ0n) is 10.1. The van der Waals surface area contributed by atoms with Crippen LogP contribution in [0.15, 0.2) is 0 Å². The van der Waals surface area contributed by atoms with E-state index in [2.05, 4.69) is 15.5 Å². The number of hydrogen-bond donors (Lipinski definition) is 2. The lowest BCUT2D eigenvalue weighted by Gasteiger charge is -2.26. The molecule has 0 spiro atoms. The van der Waals surface area contributed by atoms with E-state index in [1.165, 1.54) is 32.4 Å². The molecule has 1 saturated heterocycles. The Morgan fingerprint density at radius 1 is 1.25 bits per heavy atom. The molecular weight excluding hydrogens is 226 g/mol. The lowest BCUT2D eigenvalue weighted by Crippen LogP contribution is -2.35. The molecule has 0 atom stereocenters. The van der Waals surface area contributed by atoms with Crippen LogP contribution < -0.4 is 10.6 Å². The molecule has 0 aromatic rings. The van der Waals surface area contributed by atoms with Gasteiger partial charge in [0.2, 0.25) is 5.91 Å². The maximum Gasteiger partial charge on any atom is 0.233 e. The summed E-state index contributed by atoms with van der Waals surface area (Å²) in [6, 6.07) is 0. The second-order valence-corrected chi connectivity index (χ2v) is 4.14. The van der Waals surface area contributed by atoms with Crippen molar-refractivity contribution in [1.29, 1.82) is 0 Å². The molecule has 1 fully saturated rings. The Kier molecular flexibility index (Phi) is 9.68. The zero-order chi connectivity index (χ0) is 10.9. The molecule has 0 aliphatic carbocycles. The topological polar surface area (TPSA) is 44.4 Å². The Morgan fingerprint density at radius 3 is 2.56 bits per heavy atom. The molecule has 0 saturated carbocycles. The molecule has 1 heterocycles. The van der Waals surface area contributed by atoms with Crippen LogP contribution in [0.25, 0.3) is 0 Å². The van der Waals surface area contributed by atoms with Crippen LogP contribution in [0, 0.1) is 0 Å². The SMILES string of the molecule is CNCC(=O)NCCCN1CCCCC1.Cl. The molecule has 0 radical (unpaired) electrons. The molecule has 1 aliphatic rings. The van der Waals surface area contributed by atoms with Crippen LogP contribution >= 0.6 is 12.4 Å². The summed E-state index contributed by atoms with van der Waals surface area (Å²) in [4.78, 5) is 13.6. The fourth-order valence-corrected chi connectivity index (χ4v) is 1.94. The van der Waals surface area contributed by atoms with Crippen molar-refractivity contribution in [3.8, 4) is 0 Å². The van der Waals surface area contributed by atoms with Crippen molar-refractivity contribution in [2.45, 2.75) is 25.7 Å². The predicted octanol–water partition coefficient (Wildman–Crippen LogP) is 0.620. The van der Waals surface area contributed by atoms with Crippen LogP contribution in [-0.4, -0.2) is 50.6 Å². The second kappa shape index (κ2) is 9.87. The smallest absolute Gasteiger partial charge is 0.233 e. The van der Waals surface area contributed by atoms with E-state index >= 15 is 0 Å². The number of piperidine rings is 1. The van der Waals surface area contributed by atoms with Crippen LogP contribution in [-0.2, 0) is 4.79 Å². The molecule has 16 heavy (non-hydrogen) atoms. The summed E-state index contributed by atoms with van der Waals surface area (Å²) in [5.41, 5.74) is 0. The van der Waals surface area contributed by atoms with Gasteiger partial charge in [-0.05, 0) is 45.9 Å². The van der Waals surface area contributed by atoms with Crippen molar-refractivity contribution in [3.05, 3.63) is 0 Å². The Balaban J connectivity index is 0.00000225. The van der Waals surface area contributed by atoms with Crippen LogP contribution in [0.3, 0.4) is 0 Å². The fraction of sp³-hybridized carbons (Fsp3) is 0.909. The van der Waals surface area contributed by atoms with E-state index in [1.54, 1.807) is 7.05 Å². The minimum absolute atomic E-state index is 0. The van der Waals surface area contributed by atoms with Gasteiger partial charge in [0.25, 0.3) is 0 Å². The molecule has 1 amide bonds. The summed E-state index contributed by atoms with van der Waals surface area (Å²) in [6.45, 7) is 4.83. The Morgan fingerprint density at radius 2 is 1.94 bits per heavy atom. The van der Waals surface area contributed by atoms with Crippen molar-refractivity contribution in [2.24, 2.45) is 0 Å². The second-order valence-electron chi connectivity index (χ2n) is 4.14. The largest absolute Gasteiger partial charge is 0.355 e. The first-order valence-electron chi connectivity index (χ1n) is 5.96. The van der Waals surface area contributed by atoms with Gasteiger partial charge < -0.3 is 15.5 Å². The molecular formula is C11H24ClN3O. The monoisotopic (exact) mass is 249 g/mol. The molecule has 96 valence electrons. The summed E-state index contributed by atoms with van der Waals surface area (Å²) >= 11 is 0. The normalized spacial score (nSPS) is 16.6. The molecule has 0 aromatic heterocycles. The van der Waals surface area contributed by atoms with E-state index in [9.17, 15) is 4.79 Å². The number of likely N-dealkylation sites (N-methyl/N-ethyl adjacent to an activating group) is 1. The van der Waals surface area contributed by atoms with E-state index < -0.39 is 0 Å². The molecule has 1 aliphatic heterocycles. The number of carbonyl (C=O) groups excluding carboxylic acids is 1. The molecule has 2 N–H and O–H groups in total. The number of likely N-dealkylation sites (tertiary alicyclic amines) is 1. The number of halogens is 1. The van der Waals surface area contributed by atoms with Crippen molar-refractivity contribution < 1.29 is 4.79 Å². The molecule has 0 unspecified atom stereocenters. The Bertz CT molecular complexity index is 184. The van der Waals surface area contributed by atoms with E-state index in [1.807, 2.05) is 0 Å². The summed E-state index contributed by atoms with van der Waals surface area (Å²) in [5, 5.41) is 5.73. The van der Waals surface area contributed by atoms with Crippen LogP contribution in [0.2, 0.25) is 0 Å². The first-order chi connectivity index (χ1) is 7.33. The van der Waals surface area contributed by atoms with Crippen molar-refractivity contribution in [2.75, 3.05) is 39.8 Å². The first kappa shape index (κ1) is 15.7. The highest BCUT2D eigenvalue weighted by atomic mass is 35.5. The third-order valence-electron chi connectivity index (χ3n) is 2.76. The highest BCUT2D eigenvalue weighted by Crippen LogP contribution is 2.08. The number of amides is 1. The molecule has 0 aromatic carbocycles. The zero-order valence-corrected chi connectivity index (χ0v) is 10.9. The number of hydrogen-bond acceptors (Lipinski definition) is 3. The highest BCUT2D eigenvalue weighted by molar-refractivity contribution is 5.85. The quantitative estimate of drug-likeness (QED) is 0.679. The third-order valence-corrected chi connectivity index (χ3v) is 2.76. The summed E-state index contributed by atoms with van der Waals surface area (Å²) in [6.07, 6.45) is 5.13. The number of nitrogens with one attached hydrogen (secondary N) is 2. The highest BCUT2D eigenvalue weighted by Gasteiger charge is 2.08. The fourth-order valence-electron chi connectivity index (χ4n) is 1.94. The van der Waals surface area contributed by atoms with Gasteiger partial charge in [0.1, 0.15) is 0 Å². The molecule has 1 rings (SSSR count).